The third-order valence-electron chi connectivity index (χ3n) is 1.59. The Morgan fingerprint density at radius 3 is 2.33 bits per heavy atom. The van der Waals surface area contributed by atoms with Crippen LogP contribution in [0.4, 0.5) is 0 Å². The van der Waals surface area contributed by atoms with E-state index < -0.39 is 0 Å². The Morgan fingerprint density at radius 1 is 1.42 bits per heavy atom. The zero-order valence-electron chi connectivity index (χ0n) is 7.93. The Bertz CT molecular complexity index is 253. The molecular weight excluding hydrogens is 218 g/mol. The Morgan fingerprint density at radius 2 is 2.00 bits per heavy atom. The van der Waals surface area contributed by atoms with Crippen LogP contribution in [-0.2, 0) is 13.5 Å². The molecule has 12 heavy (non-hydrogen) atoms. The van der Waals surface area contributed by atoms with Crippen molar-refractivity contribution in [1.82, 2.24) is 15.0 Å². The lowest BCUT2D eigenvalue weighted by atomic mass is 9.91. The second kappa shape index (κ2) is 3.17. The lowest BCUT2D eigenvalue weighted by Crippen LogP contribution is -2.12. The predicted octanol–water partition coefficient (Wildman–Crippen LogP) is 2.17. The fraction of sp³-hybridized carbons (Fsp3) is 0.750. The van der Waals surface area contributed by atoms with Gasteiger partial charge in [-0.25, -0.2) is 0 Å². The molecule has 1 aromatic heterocycles. The highest BCUT2D eigenvalue weighted by molar-refractivity contribution is 9.10. The average molecular weight is 232 g/mol. The Balaban J connectivity index is 2.88. The van der Waals surface area contributed by atoms with Gasteiger partial charge in [0, 0.05) is 7.05 Å². The van der Waals surface area contributed by atoms with Crippen LogP contribution in [0.1, 0.15) is 26.5 Å². The third-order valence-corrected chi connectivity index (χ3v) is 2.21. The topological polar surface area (TPSA) is 30.7 Å². The van der Waals surface area contributed by atoms with Gasteiger partial charge in [0.05, 0.1) is 5.69 Å². The fourth-order valence-corrected chi connectivity index (χ4v) is 1.51. The molecule has 0 N–H and O–H groups in total. The van der Waals surface area contributed by atoms with E-state index in [0.29, 0.717) is 0 Å². The molecule has 1 aromatic rings. The first-order chi connectivity index (χ1) is 5.40. The van der Waals surface area contributed by atoms with Crippen molar-refractivity contribution in [1.29, 1.82) is 0 Å². The van der Waals surface area contributed by atoms with E-state index in [9.17, 15) is 0 Å². The van der Waals surface area contributed by atoms with E-state index in [4.69, 9.17) is 0 Å². The van der Waals surface area contributed by atoms with Gasteiger partial charge in [-0.3, -0.25) is 4.68 Å². The summed E-state index contributed by atoms with van der Waals surface area (Å²) in [7, 11) is 1.92. The van der Waals surface area contributed by atoms with Gasteiger partial charge in [-0.15, -0.1) is 5.10 Å². The van der Waals surface area contributed by atoms with Gasteiger partial charge in [0.1, 0.15) is 0 Å². The molecule has 0 aliphatic rings. The van der Waals surface area contributed by atoms with Gasteiger partial charge in [0.25, 0.3) is 0 Å². The highest BCUT2D eigenvalue weighted by atomic mass is 79.9. The molecule has 0 fully saturated rings. The van der Waals surface area contributed by atoms with Crippen LogP contribution in [0.5, 0.6) is 0 Å². The van der Waals surface area contributed by atoms with Gasteiger partial charge in [0.15, 0.2) is 4.60 Å². The van der Waals surface area contributed by atoms with Crippen molar-refractivity contribution >= 4 is 15.9 Å². The summed E-state index contributed by atoms with van der Waals surface area (Å²) in [5, 5.41) is 7.85. The summed E-state index contributed by atoms with van der Waals surface area (Å²) in [4.78, 5) is 0. The minimum absolute atomic E-state index is 0.276. The highest BCUT2D eigenvalue weighted by Gasteiger charge is 2.17. The molecule has 4 heteroatoms. The number of nitrogens with zero attached hydrogens (tertiary/aromatic N) is 3. The molecule has 0 saturated carbocycles. The van der Waals surface area contributed by atoms with Crippen LogP contribution >= 0.6 is 15.9 Å². The van der Waals surface area contributed by atoms with Crippen molar-refractivity contribution in [3.05, 3.63) is 10.3 Å². The molecule has 68 valence electrons. The van der Waals surface area contributed by atoms with E-state index in [1.54, 1.807) is 0 Å². The van der Waals surface area contributed by atoms with Crippen LogP contribution in [0, 0.1) is 5.41 Å². The second-order valence-corrected chi connectivity index (χ2v) is 4.94. The Labute approximate surface area is 81.3 Å². The molecule has 0 amide bonds. The lowest BCUT2D eigenvalue weighted by molar-refractivity contribution is 0.397. The first-order valence-corrected chi connectivity index (χ1v) is 4.73. The van der Waals surface area contributed by atoms with Crippen molar-refractivity contribution in [2.45, 2.75) is 27.2 Å². The van der Waals surface area contributed by atoms with Crippen LogP contribution in [0.2, 0.25) is 0 Å². The van der Waals surface area contributed by atoms with Crippen LogP contribution in [0.3, 0.4) is 0 Å². The maximum Gasteiger partial charge on any atom is 0.151 e. The lowest BCUT2D eigenvalue weighted by Gasteiger charge is -2.17. The van der Waals surface area contributed by atoms with E-state index in [1.807, 2.05) is 11.7 Å². The van der Waals surface area contributed by atoms with Crippen molar-refractivity contribution in [2.24, 2.45) is 12.5 Å². The van der Waals surface area contributed by atoms with Crippen molar-refractivity contribution in [3.63, 3.8) is 0 Å². The molecule has 1 rings (SSSR count). The molecule has 3 nitrogen and oxygen atoms in total. The summed E-state index contributed by atoms with van der Waals surface area (Å²) in [5.74, 6) is 0. The maximum atomic E-state index is 3.93. The molecule has 0 bridgehead atoms. The van der Waals surface area contributed by atoms with Gasteiger partial charge in [-0.2, -0.15) is 0 Å². The monoisotopic (exact) mass is 231 g/mol. The quantitative estimate of drug-likeness (QED) is 0.742. The molecule has 0 radical (unpaired) electrons. The minimum atomic E-state index is 0.276. The highest BCUT2D eigenvalue weighted by Crippen LogP contribution is 2.23. The van der Waals surface area contributed by atoms with Gasteiger partial charge in [-0.1, -0.05) is 26.0 Å². The maximum absolute atomic E-state index is 3.93. The Kier molecular flexibility index (Phi) is 2.56. The van der Waals surface area contributed by atoms with Gasteiger partial charge >= 0.3 is 0 Å². The van der Waals surface area contributed by atoms with E-state index in [1.165, 1.54) is 0 Å². The Hall–Kier alpha value is -0.380. The number of rotatable bonds is 1. The van der Waals surface area contributed by atoms with Crippen molar-refractivity contribution in [3.8, 4) is 0 Å². The van der Waals surface area contributed by atoms with Crippen LogP contribution < -0.4 is 0 Å². The smallest absolute Gasteiger partial charge is 0.151 e. The minimum Gasteiger partial charge on any atom is -0.251 e. The van der Waals surface area contributed by atoms with E-state index in [-0.39, 0.29) is 5.41 Å². The first kappa shape index (κ1) is 9.71. The van der Waals surface area contributed by atoms with E-state index in [2.05, 4.69) is 47.0 Å². The molecular formula is C8H14BrN3. The number of aryl methyl sites for hydroxylation is 1. The second-order valence-electron chi connectivity index (χ2n) is 4.19. The van der Waals surface area contributed by atoms with Gasteiger partial charge in [-0.05, 0) is 27.8 Å². The number of hydrogen-bond donors (Lipinski definition) is 0. The largest absolute Gasteiger partial charge is 0.251 e. The van der Waals surface area contributed by atoms with Crippen molar-refractivity contribution < 1.29 is 0 Å². The molecule has 0 spiro atoms. The first-order valence-electron chi connectivity index (χ1n) is 3.94. The molecule has 0 aliphatic carbocycles. The summed E-state index contributed by atoms with van der Waals surface area (Å²) in [6, 6.07) is 0. The summed E-state index contributed by atoms with van der Waals surface area (Å²) in [6.07, 6.45) is 0.983. The summed E-state index contributed by atoms with van der Waals surface area (Å²) < 4.78 is 2.68. The fourth-order valence-electron chi connectivity index (χ4n) is 1.04. The third kappa shape index (κ3) is 2.30. The standard InChI is InChI=1S/C8H14BrN3/c1-8(2,3)5-6-7(9)10-11-12(6)4/h5H2,1-4H3. The summed E-state index contributed by atoms with van der Waals surface area (Å²) in [5.41, 5.74) is 1.43. The van der Waals surface area contributed by atoms with Crippen LogP contribution in [0.15, 0.2) is 4.60 Å². The number of hydrogen-bond acceptors (Lipinski definition) is 2. The van der Waals surface area contributed by atoms with E-state index >= 15 is 0 Å². The van der Waals surface area contributed by atoms with Crippen molar-refractivity contribution in [2.75, 3.05) is 0 Å². The number of aromatic nitrogens is 3. The van der Waals surface area contributed by atoms with Crippen LogP contribution in [0.25, 0.3) is 0 Å². The summed E-state index contributed by atoms with van der Waals surface area (Å²) in [6.45, 7) is 6.60. The van der Waals surface area contributed by atoms with Crippen LogP contribution in [-0.4, -0.2) is 15.0 Å². The molecule has 1 heterocycles. The predicted molar refractivity (Wildman–Crippen MR) is 51.9 cm³/mol. The van der Waals surface area contributed by atoms with Gasteiger partial charge in [0.2, 0.25) is 0 Å². The zero-order chi connectivity index (χ0) is 9.35. The zero-order valence-corrected chi connectivity index (χ0v) is 9.51. The molecule has 0 aliphatic heterocycles. The van der Waals surface area contributed by atoms with E-state index in [0.717, 1.165) is 16.7 Å². The molecule has 0 atom stereocenters. The molecule has 0 aromatic carbocycles. The average Bonchev–Trinajstić information content (AvgIpc) is 2.16. The molecule has 0 unspecified atom stereocenters. The number of halogens is 1. The summed E-state index contributed by atoms with van der Waals surface area (Å²) >= 11 is 3.38. The normalized spacial score (nSPS) is 12.1. The molecule has 0 saturated heterocycles. The SMILES string of the molecule is Cn1nnc(Br)c1CC(C)(C)C. The van der Waals surface area contributed by atoms with Gasteiger partial charge < -0.3 is 0 Å².